The van der Waals surface area contributed by atoms with Crippen molar-refractivity contribution in [2.24, 2.45) is 0 Å². The molecule has 1 aromatic carbocycles. The van der Waals surface area contributed by atoms with Crippen LogP contribution in [-0.2, 0) is 6.54 Å². The Kier molecular flexibility index (Phi) is 7.17. The average Bonchev–Trinajstić information content (AvgIpc) is 2.93. The van der Waals surface area contributed by atoms with Crippen molar-refractivity contribution in [2.45, 2.75) is 43.2 Å². The van der Waals surface area contributed by atoms with E-state index in [2.05, 4.69) is 23.4 Å². The van der Waals surface area contributed by atoms with Crippen molar-refractivity contribution in [1.29, 1.82) is 0 Å². The summed E-state index contributed by atoms with van der Waals surface area (Å²) in [4.78, 5) is 19.8. The molecule has 1 amide bonds. The molecule has 0 atom stereocenters. The SMILES string of the molecule is Cc1c(C(=O)N(C)C)c(C(C)C)c(Sc2cc(Cl)cc(Cl)c2)n1Cc1ccncc1. The number of hydrogen-bond donors (Lipinski definition) is 0. The number of carbonyl (C=O) groups excluding carboxylic acids is 1. The second kappa shape index (κ2) is 9.46. The van der Waals surface area contributed by atoms with E-state index in [-0.39, 0.29) is 11.8 Å². The van der Waals surface area contributed by atoms with E-state index in [4.69, 9.17) is 23.2 Å². The number of hydrogen-bond acceptors (Lipinski definition) is 3. The molecular weight excluding hydrogens is 437 g/mol. The molecule has 0 unspecified atom stereocenters. The van der Waals surface area contributed by atoms with Crippen LogP contribution in [0.15, 0.2) is 52.6 Å². The summed E-state index contributed by atoms with van der Waals surface area (Å²) in [5, 5.41) is 2.21. The Bertz CT molecular complexity index is 1040. The van der Waals surface area contributed by atoms with Crippen molar-refractivity contribution in [3.05, 3.63) is 75.2 Å². The second-order valence-electron chi connectivity index (χ2n) is 7.68. The number of benzene rings is 1. The summed E-state index contributed by atoms with van der Waals surface area (Å²) in [6.45, 7) is 6.89. The van der Waals surface area contributed by atoms with Gasteiger partial charge in [0.25, 0.3) is 5.91 Å². The fourth-order valence-electron chi connectivity index (χ4n) is 3.43. The molecular formula is C23H25Cl2N3OS. The molecule has 2 aromatic heterocycles. The van der Waals surface area contributed by atoms with Crippen LogP contribution in [0.2, 0.25) is 10.0 Å². The molecule has 3 aromatic rings. The summed E-state index contributed by atoms with van der Waals surface area (Å²) in [5.41, 5.74) is 3.87. The van der Waals surface area contributed by atoms with Crippen LogP contribution in [0.4, 0.5) is 0 Å². The maximum absolute atomic E-state index is 13.1. The van der Waals surface area contributed by atoms with Crippen molar-refractivity contribution >= 4 is 40.9 Å². The Morgan fingerprint density at radius 3 is 2.27 bits per heavy atom. The highest BCUT2D eigenvalue weighted by Crippen LogP contribution is 2.41. The molecule has 0 bridgehead atoms. The monoisotopic (exact) mass is 461 g/mol. The Labute approximate surface area is 192 Å². The van der Waals surface area contributed by atoms with Crippen LogP contribution in [0.3, 0.4) is 0 Å². The number of nitrogens with zero attached hydrogens (tertiary/aromatic N) is 3. The second-order valence-corrected chi connectivity index (χ2v) is 9.62. The van der Waals surface area contributed by atoms with Gasteiger partial charge in [0, 0.05) is 53.7 Å². The average molecular weight is 462 g/mol. The van der Waals surface area contributed by atoms with Gasteiger partial charge in [-0.1, -0.05) is 48.8 Å². The van der Waals surface area contributed by atoms with E-state index >= 15 is 0 Å². The number of halogens is 2. The summed E-state index contributed by atoms with van der Waals surface area (Å²) in [6, 6.07) is 9.50. The fourth-order valence-corrected chi connectivity index (χ4v) is 5.44. The highest BCUT2D eigenvalue weighted by atomic mass is 35.5. The van der Waals surface area contributed by atoms with Gasteiger partial charge < -0.3 is 9.47 Å². The van der Waals surface area contributed by atoms with E-state index in [1.165, 1.54) is 0 Å². The summed E-state index contributed by atoms with van der Waals surface area (Å²) in [7, 11) is 3.57. The summed E-state index contributed by atoms with van der Waals surface area (Å²) in [6.07, 6.45) is 3.57. The molecule has 0 aliphatic rings. The van der Waals surface area contributed by atoms with Crippen molar-refractivity contribution in [3.8, 4) is 0 Å². The summed E-state index contributed by atoms with van der Waals surface area (Å²) in [5.74, 6) is 0.175. The van der Waals surface area contributed by atoms with Crippen molar-refractivity contribution in [2.75, 3.05) is 14.1 Å². The van der Waals surface area contributed by atoms with Gasteiger partial charge in [0.2, 0.25) is 0 Å². The Hall–Kier alpha value is -1.95. The zero-order valence-corrected chi connectivity index (χ0v) is 20.1. The van der Waals surface area contributed by atoms with Crippen molar-refractivity contribution in [1.82, 2.24) is 14.5 Å². The number of aromatic nitrogens is 2. The topological polar surface area (TPSA) is 38.1 Å². The van der Waals surface area contributed by atoms with E-state index in [0.717, 1.165) is 32.3 Å². The molecule has 0 N–H and O–H groups in total. The van der Waals surface area contributed by atoms with Crippen LogP contribution in [0.5, 0.6) is 0 Å². The van der Waals surface area contributed by atoms with Crippen molar-refractivity contribution in [3.63, 3.8) is 0 Å². The predicted octanol–water partition coefficient (Wildman–Crippen LogP) is 6.52. The zero-order valence-electron chi connectivity index (χ0n) is 17.7. The molecule has 4 nitrogen and oxygen atoms in total. The lowest BCUT2D eigenvalue weighted by Crippen LogP contribution is -2.23. The maximum Gasteiger partial charge on any atom is 0.255 e. The molecule has 0 fully saturated rings. The highest BCUT2D eigenvalue weighted by molar-refractivity contribution is 7.99. The number of pyridine rings is 1. The molecule has 7 heteroatoms. The standard InChI is InChI=1S/C23H25Cl2N3OS/c1-14(2)20-21(22(29)27(4)5)15(3)28(13-16-6-8-26-9-7-16)23(20)30-19-11-17(24)10-18(25)12-19/h6-12,14H,13H2,1-5H3. The van der Waals surface area contributed by atoms with Gasteiger partial charge >= 0.3 is 0 Å². The minimum absolute atomic E-state index is 0.00987. The molecule has 2 heterocycles. The summed E-state index contributed by atoms with van der Waals surface area (Å²) < 4.78 is 2.21. The smallest absolute Gasteiger partial charge is 0.255 e. The number of rotatable bonds is 6. The van der Waals surface area contributed by atoms with Gasteiger partial charge in [-0.25, -0.2) is 0 Å². The Morgan fingerprint density at radius 2 is 1.73 bits per heavy atom. The third-order valence-electron chi connectivity index (χ3n) is 4.85. The van der Waals surface area contributed by atoms with Crippen molar-refractivity contribution < 1.29 is 4.79 Å². The zero-order chi connectivity index (χ0) is 22.0. The van der Waals surface area contributed by atoms with Crippen LogP contribution in [0, 0.1) is 6.92 Å². The molecule has 158 valence electrons. The van der Waals surface area contributed by atoms with Gasteiger partial charge in [0.05, 0.1) is 10.6 Å². The van der Waals surface area contributed by atoms with Crippen LogP contribution >= 0.6 is 35.0 Å². The highest BCUT2D eigenvalue weighted by Gasteiger charge is 2.28. The molecule has 0 aliphatic carbocycles. The Balaban J connectivity index is 2.22. The van der Waals surface area contributed by atoms with Gasteiger partial charge in [-0.15, -0.1) is 0 Å². The van der Waals surface area contributed by atoms with Gasteiger partial charge in [-0.3, -0.25) is 9.78 Å². The first-order valence-corrected chi connectivity index (χ1v) is 11.2. The third kappa shape index (κ3) is 4.85. The summed E-state index contributed by atoms with van der Waals surface area (Å²) >= 11 is 14.1. The molecule has 0 saturated carbocycles. The van der Waals surface area contributed by atoms with Crippen LogP contribution in [0.1, 0.15) is 46.9 Å². The molecule has 0 saturated heterocycles. The van der Waals surface area contributed by atoms with Crippen LogP contribution in [0.25, 0.3) is 0 Å². The van der Waals surface area contributed by atoms with Gasteiger partial charge in [-0.05, 0) is 54.3 Å². The largest absolute Gasteiger partial charge is 0.345 e. The van der Waals surface area contributed by atoms with E-state index < -0.39 is 0 Å². The molecule has 0 aliphatic heterocycles. The fraction of sp³-hybridized carbons (Fsp3) is 0.304. The first-order valence-electron chi connectivity index (χ1n) is 9.66. The molecule has 3 rings (SSSR count). The van der Waals surface area contributed by atoms with Crippen LogP contribution < -0.4 is 0 Å². The van der Waals surface area contributed by atoms with Gasteiger partial charge in [0.1, 0.15) is 0 Å². The lowest BCUT2D eigenvalue weighted by Gasteiger charge is -2.15. The van der Waals surface area contributed by atoms with Crippen LogP contribution in [-0.4, -0.2) is 34.5 Å². The van der Waals surface area contributed by atoms with Gasteiger partial charge in [0.15, 0.2) is 0 Å². The predicted molar refractivity (Wildman–Crippen MR) is 125 cm³/mol. The molecule has 30 heavy (non-hydrogen) atoms. The first-order chi connectivity index (χ1) is 14.2. The van der Waals surface area contributed by atoms with E-state index in [9.17, 15) is 4.79 Å². The van der Waals surface area contributed by atoms with E-state index in [1.54, 1.807) is 49.2 Å². The Morgan fingerprint density at radius 1 is 1.13 bits per heavy atom. The number of amides is 1. The third-order valence-corrected chi connectivity index (χ3v) is 6.39. The van der Waals surface area contributed by atoms with Gasteiger partial charge in [-0.2, -0.15) is 0 Å². The quantitative estimate of drug-likeness (QED) is 0.418. The lowest BCUT2D eigenvalue weighted by molar-refractivity contribution is 0.0825. The normalized spacial score (nSPS) is 11.2. The number of carbonyl (C=O) groups is 1. The molecule has 0 spiro atoms. The maximum atomic E-state index is 13.1. The van der Waals surface area contributed by atoms with E-state index in [1.807, 2.05) is 31.2 Å². The van der Waals surface area contributed by atoms with E-state index in [0.29, 0.717) is 16.6 Å². The minimum Gasteiger partial charge on any atom is -0.345 e. The minimum atomic E-state index is 0.00987. The molecule has 0 radical (unpaired) electrons. The lowest BCUT2D eigenvalue weighted by atomic mass is 10.00. The first kappa shape index (κ1) is 22.7.